The topological polar surface area (TPSA) is 78.9 Å². The predicted octanol–water partition coefficient (Wildman–Crippen LogP) is 1.21. The van der Waals surface area contributed by atoms with Gasteiger partial charge in [0.1, 0.15) is 12.2 Å². The zero-order valence-electron chi connectivity index (χ0n) is 12.0. The Bertz CT molecular complexity index is 422. The Morgan fingerprint density at radius 2 is 2.00 bits per heavy atom. The predicted molar refractivity (Wildman–Crippen MR) is 67.5 cm³/mol. The fraction of sp³-hybridized carbons (Fsp3) is 0.786. The molecule has 0 N–H and O–H groups in total. The summed E-state index contributed by atoms with van der Waals surface area (Å²) in [5, 5.41) is 0. The lowest BCUT2D eigenvalue weighted by Crippen LogP contribution is -2.35. The van der Waals surface area contributed by atoms with Crippen LogP contribution in [0.3, 0.4) is 0 Å². The van der Waals surface area contributed by atoms with Crippen molar-refractivity contribution in [2.24, 2.45) is 11.3 Å². The highest BCUT2D eigenvalue weighted by molar-refractivity contribution is 5.79. The van der Waals surface area contributed by atoms with Gasteiger partial charge in [0, 0.05) is 6.42 Å². The summed E-state index contributed by atoms with van der Waals surface area (Å²) in [7, 11) is 0. The zero-order valence-corrected chi connectivity index (χ0v) is 12.0. The van der Waals surface area contributed by atoms with E-state index in [2.05, 4.69) is 0 Å². The van der Waals surface area contributed by atoms with Gasteiger partial charge < -0.3 is 14.2 Å². The van der Waals surface area contributed by atoms with E-state index in [-0.39, 0.29) is 18.0 Å². The first-order chi connectivity index (χ1) is 9.27. The highest BCUT2D eigenvalue weighted by atomic mass is 16.6. The van der Waals surface area contributed by atoms with Gasteiger partial charge in [0.2, 0.25) is 0 Å². The molecule has 2 fully saturated rings. The molecule has 0 aromatic rings. The van der Waals surface area contributed by atoms with E-state index in [0.717, 1.165) is 0 Å². The summed E-state index contributed by atoms with van der Waals surface area (Å²) < 4.78 is 15.3. The molecule has 1 heterocycles. The molecule has 0 radical (unpaired) electrons. The molecular formula is C14H20O6. The SMILES string of the molecule is CC(C)(C)C(=O)OCC(=O)OC1CCC2CC1OC2=O. The van der Waals surface area contributed by atoms with Crippen molar-refractivity contribution in [3.63, 3.8) is 0 Å². The maximum atomic E-state index is 11.7. The second-order valence-electron chi connectivity index (χ2n) is 6.34. The number of esters is 3. The number of carbonyl (C=O) groups excluding carboxylic acids is 3. The van der Waals surface area contributed by atoms with Crippen molar-refractivity contribution in [1.29, 1.82) is 0 Å². The van der Waals surface area contributed by atoms with Crippen molar-refractivity contribution in [3.8, 4) is 0 Å². The van der Waals surface area contributed by atoms with Gasteiger partial charge >= 0.3 is 17.9 Å². The first-order valence-electron chi connectivity index (χ1n) is 6.84. The molecule has 2 bridgehead atoms. The van der Waals surface area contributed by atoms with Crippen molar-refractivity contribution >= 4 is 17.9 Å². The molecule has 2 aliphatic rings. The number of rotatable bonds is 3. The first-order valence-corrected chi connectivity index (χ1v) is 6.84. The maximum absolute atomic E-state index is 11.7. The lowest BCUT2D eigenvalue weighted by Gasteiger charge is -2.25. The van der Waals surface area contributed by atoms with Gasteiger partial charge in [-0.25, -0.2) is 4.79 Å². The van der Waals surface area contributed by atoms with Gasteiger partial charge in [-0.2, -0.15) is 0 Å². The van der Waals surface area contributed by atoms with Crippen LogP contribution in [0.5, 0.6) is 0 Å². The Balaban J connectivity index is 1.78. The number of fused-ring (bicyclic) bond motifs is 2. The van der Waals surface area contributed by atoms with E-state index >= 15 is 0 Å². The minimum absolute atomic E-state index is 0.0475. The van der Waals surface area contributed by atoms with Crippen LogP contribution in [-0.2, 0) is 28.6 Å². The van der Waals surface area contributed by atoms with Crippen molar-refractivity contribution in [3.05, 3.63) is 0 Å². The normalized spacial score (nSPS) is 28.8. The van der Waals surface area contributed by atoms with Crippen LogP contribution in [-0.4, -0.2) is 36.7 Å². The van der Waals surface area contributed by atoms with Gasteiger partial charge in [0.15, 0.2) is 6.61 Å². The molecule has 0 spiro atoms. The van der Waals surface area contributed by atoms with Crippen LogP contribution >= 0.6 is 0 Å². The molecule has 0 aromatic carbocycles. The fourth-order valence-electron chi connectivity index (χ4n) is 2.36. The minimum Gasteiger partial charge on any atom is -0.458 e. The van der Waals surface area contributed by atoms with Crippen molar-refractivity contribution < 1.29 is 28.6 Å². The monoisotopic (exact) mass is 284 g/mol. The van der Waals surface area contributed by atoms with E-state index < -0.39 is 30.1 Å². The lowest BCUT2D eigenvalue weighted by molar-refractivity contribution is -0.171. The fourth-order valence-corrected chi connectivity index (χ4v) is 2.36. The van der Waals surface area contributed by atoms with Crippen LogP contribution in [0.15, 0.2) is 0 Å². The van der Waals surface area contributed by atoms with Gasteiger partial charge in [0.05, 0.1) is 11.3 Å². The van der Waals surface area contributed by atoms with Crippen LogP contribution in [0, 0.1) is 11.3 Å². The molecule has 1 aliphatic carbocycles. The standard InChI is InChI=1S/C14H20O6/c1-14(2,3)13(17)18-7-11(15)19-9-5-4-8-6-10(9)20-12(8)16/h8-10H,4-7H2,1-3H3. The average Bonchev–Trinajstić information content (AvgIpc) is 2.65. The van der Waals surface area contributed by atoms with E-state index in [1.165, 1.54) is 0 Å². The van der Waals surface area contributed by atoms with Crippen LogP contribution in [0.4, 0.5) is 0 Å². The molecule has 3 unspecified atom stereocenters. The largest absolute Gasteiger partial charge is 0.458 e. The van der Waals surface area contributed by atoms with E-state index in [9.17, 15) is 14.4 Å². The highest BCUT2D eigenvalue weighted by Gasteiger charge is 2.45. The molecule has 20 heavy (non-hydrogen) atoms. The number of ether oxygens (including phenoxy) is 3. The molecule has 2 rings (SSSR count). The molecule has 1 aliphatic heterocycles. The number of hydrogen-bond acceptors (Lipinski definition) is 6. The quantitative estimate of drug-likeness (QED) is 0.572. The summed E-state index contributed by atoms with van der Waals surface area (Å²) in [6, 6.07) is 0. The second kappa shape index (κ2) is 5.42. The Morgan fingerprint density at radius 1 is 1.30 bits per heavy atom. The summed E-state index contributed by atoms with van der Waals surface area (Å²) in [5.74, 6) is -1.30. The maximum Gasteiger partial charge on any atom is 0.344 e. The molecule has 1 saturated heterocycles. The summed E-state index contributed by atoms with van der Waals surface area (Å²) in [6.07, 6.45) is 1.13. The summed E-state index contributed by atoms with van der Waals surface area (Å²) in [4.78, 5) is 34.6. The molecule has 3 atom stereocenters. The Morgan fingerprint density at radius 3 is 2.65 bits per heavy atom. The van der Waals surface area contributed by atoms with Crippen molar-refractivity contribution in [1.82, 2.24) is 0 Å². The third-order valence-corrected chi connectivity index (χ3v) is 3.55. The van der Waals surface area contributed by atoms with E-state index in [1.54, 1.807) is 20.8 Å². The Kier molecular flexibility index (Phi) is 4.01. The van der Waals surface area contributed by atoms with Crippen LogP contribution in [0.2, 0.25) is 0 Å². The van der Waals surface area contributed by atoms with Gasteiger partial charge in [-0.05, 0) is 33.6 Å². The third kappa shape index (κ3) is 3.29. The number of carbonyl (C=O) groups is 3. The Hall–Kier alpha value is -1.59. The van der Waals surface area contributed by atoms with E-state index in [4.69, 9.17) is 14.2 Å². The lowest BCUT2D eigenvalue weighted by atomic mass is 9.88. The number of hydrogen-bond donors (Lipinski definition) is 0. The molecule has 0 amide bonds. The zero-order chi connectivity index (χ0) is 14.9. The smallest absolute Gasteiger partial charge is 0.344 e. The minimum atomic E-state index is -0.653. The molecule has 112 valence electrons. The summed E-state index contributed by atoms with van der Waals surface area (Å²) in [5.41, 5.74) is -0.653. The first kappa shape index (κ1) is 14.8. The van der Waals surface area contributed by atoms with E-state index in [1.807, 2.05) is 0 Å². The molecule has 6 nitrogen and oxygen atoms in total. The summed E-state index contributed by atoms with van der Waals surface area (Å²) in [6.45, 7) is 4.72. The molecule has 0 aromatic heterocycles. The molecular weight excluding hydrogens is 264 g/mol. The van der Waals surface area contributed by atoms with Gasteiger partial charge in [0.25, 0.3) is 0 Å². The van der Waals surface area contributed by atoms with Gasteiger partial charge in [-0.1, -0.05) is 0 Å². The molecule has 6 heteroatoms. The van der Waals surface area contributed by atoms with Crippen LogP contribution in [0.25, 0.3) is 0 Å². The van der Waals surface area contributed by atoms with Gasteiger partial charge in [-0.3, -0.25) is 9.59 Å². The van der Waals surface area contributed by atoms with Crippen LogP contribution < -0.4 is 0 Å². The van der Waals surface area contributed by atoms with E-state index in [0.29, 0.717) is 19.3 Å². The summed E-state index contributed by atoms with van der Waals surface area (Å²) >= 11 is 0. The van der Waals surface area contributed by atoms with Gasteiger partial charge in [-0.15, -0.1) is 0 Å². The third-order valence-electron chi connectivity index (χ3n) is 3.55. The second-order valence-corrected chi connectivity index (χ2v) is 6.34. The average molecular weight is 284 g/mol. The Labute approximate surface area is 117 Å². The molecule has 1 saturated carbocycles. The van der Waals surface area contributed by atoms with Crippen LogP contribution in [0.1, 0.15) is 40.0 Å². The van der Waals surface area contributed by atoms with Crippen molar-refractivity contribution in [2.45, 2.75) is 52.2 Å². The highest BCUT2D eigenvalue weighted by Crippen LogP contribution is 2.35. The van der Waals surface area contributed by atoms with Crippen molar-refractivity contribution in [2.75, 3.05) is 6.61 Å².